The molecule has 1 saturated heterocycles. The standard InChI is InChI=1S/C15H11F6N3/c16-7-1-2-10(9(17)5-7)24-4-3-8(6-24)22-13-11(18)14(20)23-15(21)12(13)19/h1-2,5,8H,3-4,6H2,(H,22,23). The van der Waals surface area contributed by atoms with Crippen molar-refractivity contribution in [3.8, 4) is 0 Å². The van der Waals surface area contributed by atoms with Gasteiger partial charge in [0, 0.05) is 25.2 Å². The molecule has 1 unspecified atom stereocenters. The number of pyridine rings is 1. The summed E-state index contributed by atoms with van der Waals surface area (Å²) in [6.07, 6.45) is 0.335. The van der Waals surface area contributed by atoms with Crippen molar-refractivity contribution in [1.29, 1.82) is 0 Å². The van der Waals surface area contributed by atoms with Crippen molar-refractivity contribution >= 4 is 11.4 Å². The van der Waals surface area contributed by atoms with Crippen molar-refractivity contribution in [3.05, 3.63) is 53.4 Å². The molecule has 1 atom stereocenters. The minimum atomic E-state index is -1.75. The zero-order valence-electron chi connectivity index (χ0n) is 12.1. The van der Waals surface area contributed by atoms with Crippen LogP contribution in [0.4, 0.5) is 37.7 Å². The maximum Gasteiger partial charge on any atom is 0.253 e. The fraction of sp³-hybridized carbons (Fsp3) is 0.267. The molecule has 3 nitrogen and oxygen atoms in total. The van der Waals surface area contributed by atoms with E-state index in [1.54, 1.807) is 0 Å². The molecule has 9 heteroatoms. The summed E-state index contributed by atoms with van der Waals surface area (Å²) in [7, 11) is 0. The normalized spacial score (nSPS) is 17.4. The van der Waals surface area contributed by atoms with Gasteiger partial charge in [-0.1, -0.05) is 0 Å². The summed E-state index contributed by atoms with van der Waals surface area (Å²) in [6, 6.07) is 2.48. The quantitative estimate of drug-likeness (QED) is 0.679. The Kier molecular flexibility index (Phi) is 4.25. The highest BCUT2D eigenvalue weighted by molar-refractivity contribution is 5.51. The molecule has 0 amide bonds. The molecule has 3 rings (SSSR count). The van der Waals surface area contributed by atoms with Gasteiger partial charge in [0.25, 0.3) is 11.9 Å². The first-order valence-electron chi connectivity index (χ1n) is 7.03. The number of nitrogens with one attached hydrogen (secondary N) is 1. The number of aromatic nitrogens is 1. The average molecular weight is 347 g/mol. The number of nitrogens with zero attached hydrogens (tertiary/aromatic N) is 2. The fourth-order valence-electron chi connectivity index (χ4n) is 2.65. The van der Waals surface area contributed by atoms with Gasteiger partial charge in [-0.15, -0.1) is 0 Å². The van der Waals surface area contributed by atoms with Gasteiger partial charge in [0.2, 0.25) is 11.6 Å². The van der Waals surface area contributed by atoms with E-state index < -0.39 is 46.9 Å². The van der Waals surface area contributed by atoms with Crippen LogP contribution in [0.3, 0.4) is 0 Å². The molecule has 1 aromatic heterocycles. The molecule has 0 spiro atoms. The predicted molar refractivity (Wildman–Crippen MR) is 74.7 cm³/mol. The Morgan fingerprint density at radius 3 is 2.29 bits per heavy atom. The van der Waals surface area contributed by atoms with Gasteiger partial charge in [-0.05, 0) is 18.6 Å². The third-order valence-corrected chi connectivity index (χ3v) is 3.78. The highest BCUT2D eigenvalue weighted by Gasteiger charge is 2.28. The van der Waals surface area contributed by atoms with Crippen molar-refractivity contribution in [2.75, 3.05) is 23.3 Å². The van der Waals surface area contributed by atoms with E-state index in [0.29, 0.717) is 13.0 Å². The molecule has 2 aromatic rings. The average Bonchev–Trinajstić information content (AvgIpc) is 2.98. The highest BCUT2D eigenvalue weighted by Crippen LogP contribution is 2.28. The summed E-state index contributed by atoms with van der Waals surface area (Å²) in [5.74, 6) is -8.25. The molecule has 1 aliphatic rings. The first-order valence-corrected chi connectivity index (χ1v) is 7.03. The lowest BCUT2D eigenvalue weighted by Crippen LogP contribution is -2.27. The maximum atomic E-state index is 13.8. The summed E-state index contributed by atoms with van der Waals surface area (Å²) >= 11 is 0. The predicted octanol–water partition coefficient (Wildman–Crippen LogP) is 3.61. The third-order valence-electron chi connectivity index (χ3n) is 3.78. The number of halogens is 6. The minimum absolute atomic E-state index is 0.118. The SMILES string of the molecule is Fc1ccc(N2CCC(Nc3c(F)c(F)nc(F)c3F)C2)c(F)c1. The van der Waals surface area contributed by atoms with Crippen molar-refractivity contribution in [3.63, 3.8) is 0 Å². The smallest absolute Gasteiger partial charge is 0.253 e. The van der Waals surface area contributed by atoms with Crippen molar-refractivity contribution in [1.82, 2.24) is 4.98 Å². The summed E-state index contributed by atoms with van der Waals surface area (Å²) in [5.41, 5.74) is -0.819. The van der Waals surface area contributed by atoms with Crippen LogP contribution in [-0.4, -0.2) is 24.1 Å². The van der Waals surface area contributed by atoms with E-state index in [1.807, 2.05) is 0 Å². The molecule has 1 aromatic carbocycles. The number of hydrogen-bond donors (Lipinski definition) is 1. The van der Waals surface area contributed by atoms with Crippen LogP contribution in [0, 0.1) is 35.2 Å². The molecule has 1 N–H and O–H groups in total. The summed E-state index contributed by atoms with van der Waals surface area (Å²) in [6.45, 7) is 0.437. The Labute approximate surface area is 132 Å². The van der Waals surface area contributed by atoms with Gasteiger partial charge in [0.15, 0.2) is 0 Å². The molecule has 1 fully saturated rings. The zero-order chi connectivity index (χ0) is 17.4. The zero-order valence-corrected chi connectivity index (χ0v) is 12.1. The van der Waals surface area contributed by atoms with Gasteiger partial charge >= 0.3 is 0 Å². The summed E-state index contributed by atoms with van der Waals surface area (Å²) in [5, 5.41) is 2.38. The van der Waals surface area contributed by atoms with Crippen LogP contribution in [0.25, 0.3) is 0 Å². The van der Waals surface area contributed by atoms with Crippen LogP contribution in [0.5, 0.6) is 0 Å². The molecule has 0 aliphatic carbocycles. The van der Waals surface area contributed by atoms with Gasteiger partial charge in [-0.2, -0.15) is 22.5 Å². The summed E-state index contributed by atoms with van der Waals surface area (Å²) < 4.78 is 80.1. The van der Waals surface area contributed by atoms with Crippen molar-refractivity contribution in [2.24, 2.45) is 0 Å². The van der Waals surface area contributed by atoms with Crippen LogP contribution < -0.4 is 10.2 Å². The lowest BCUT2D eigenvalue weighted by molar-refractivity contribution is 0.409. The molecular weight excluding hydrogens is 336 g/mol. The molecule has 128 valence electrons. The minimum Gasteiger partial charge on any atom is -0.375 e. The van der Waals surface area contributed by atoms with Gasteiger partial charge in [0.05, 0.1) is 5.69 Å². The van der Waals surface area contributed by atoms with E-state index in [0.717, 1.165) is 12.1 Å². The largest absolute Gasteiger partial charge is 0.375 e. The first kappa shape index (κ1) is 16.4. The van der Waals surface area contributed by atoms with E-state index in [-0.39, 0.29) is 12.2 Å². The molecule has 0 radical (unpaired) electrons. The Balaban J connectivity index is 1.78. The van der Waals surface area contributed by atoms with Crippen molar-refractivity contribution < 1.29 is 26.3 Å². The van der Waals surface area contributed by atoms with Crippen molar-refractivity contribution in [2.45, 2.75) is 12.5 Å². The lowest BCUT2D eigenvalue weighted by Gasteiger charge is -2.20. The van der Waals surface area contributed by atoms with Crippen LogP contribution in [0.15, 0.2) is 18.2 Å². The highest BCUT2D eigenvalue weighted by atomic mass is 19.2. The molecule has 24 heavy (non-hydrogen) atoms. The lowest BCUT2D eigenvalue weighted by atomic mass is 10.2. The van der Waals surface area contributed by atoms with E-state index in [2.05, 4.69) is 10.3 Å². The number of rotatable bonds is 3. The van der Waals surface area contributed by atoms with Gasteiger partial charge in [-0.25, -0.2) is 8.78 Å². The Morgan fingerprint density at radius 1 is 1.00 bits per heavy atom. The molecule has 1 aliphatic heterocycles. The van der Waals surface area contributed by atoms with Crippen LogP contribution in [-0.2, 0) is 0 Å². The van der Waals surface area contributed by atoms with E-state index >= 15 is 0 Å². The van der Waals surface area contributed by atoms with Crippen LogP contribution in [0.2, 0.25) is 0 Å². The second kappa shape index (κ2) is 6.21. The topological polar surface area (TPSA) is 28.2 Å². The summed E-state index contributed by atoms with van der Waals surface area (Å²) in [4.78, 5) is 4.01. The molecule has 0 bridgehead atoms. The molecule has 2 heterocycles. The van der Waals surface area contributed by atoms with E-state index in [4.69, 9.17) is 0 Å². The maximum absolute atomic E-state index is 13.8. The second-order valence-corrected chi connectivity index (χ2v) is 5.37. The number of benzene rings is 1. The second-order valence-electron chi connectivity index (χ2n) is 5.37. The fourth-order valence-corrected chi connectivity index (χ4v) is 2.65. The van der Waals surface area contributed by atoms with Crippen LogP contribution >= 0.6 is 0 Å². The Bertz CT molecular complexity index is 756. The van der Waals surface area contributed by atoms with Gasteiger partial charge in [0.1, 0.15) is 17.3 Å². The van der Waals surface area contributed by atoms with Crippen LogP contribution in [0.1, 0.15) is 6.42 Å². The molecule has 0 saturated carbocycles. The van der Waals surface area contributed by atoms with E-state index in [9.17, 15) is 26.3 Å². The monoisotopic (exact) mass is 347 g/mol. The number of hydrogen-bond acceptors (Lipinski definition) is 3. The Hall–Kier alpha value is -2.45. The van der Waals surface area contributed by atoms with Gasteiger partial charge < -0.3 is 10.2 Å². The van der Waals surface area contributed by atoms with E-state index in [1.165, 1.54) is 11.0 Å². The first-order chi connectivity index (χ1) is 11.4. The Morgan fingerprint density at radius 2 is 1.67 bits per heavy atom. The number of anilines is 2. The van der Waals surface area contributed by atoms with Gasteiger partial charge in [-0.3, -0.25) is 0 Å². The third kappa shape index (κ3) is 2.98. The molecular formula is C15H11F6N3.